The number of nitrogens with one attached hydrogen (secondary N) is 2. The summed E-state index contributed by atoms with van der Waals surface area (Å²) in [6.07, 6.45) is 15.7. The predicted octanol–water partition coefficient (Wildman–Crippen LogP) is 2.74. The molecule has 248 valence electrons. The summed E-state index contributed by atoms with van der Waals surface area (Å²) in [6.45, 7) is 1.22. The Hall–Kier alpha value is -3.37. The van der Waals surface area contributed by atoms with Gasteiger partial charge in [-0.05, 0) is 51.3 Å². The Kier molecular flexibility index (Phi) is 17.3. The number of aliphatic hydroxyl groups is 2. The van der Waals surface area contributed by atoms with Gasteiger partial charge in [0.1, 0.15) is 12.1 Å². The van der Waals surface area contributed by atoms with Gasteiger partial charge >= 0.3 is 0 Å². The molecule has 9 heteroatoms. The van der Waals surface area contributed by atoms with Gasteiger partial charge in [0.2, 0.25) is 17.7 Å². The van der Waals surface area contributed by atoms with E-state index in [1.165, 1.54) is 6.42 Å². The van der Waals surface area contributed by atoms with E-state index in [0.29, 0.717) is 38.3 Å². The van der Waals surface area contributed by atoms with E-state index >= 15 is 0 Å². The molecule has 1 aromatic carbocycles. The van der Waals surface area contributed by atoms with E-state index in [-0.39, 0.29) is 31.6 Å². The molecule has 0 aliphatic heterocycles. The van der Waals surface area contributed by atoms with Crippen LogP contribution < -0.4 is 10.6 Å². The molecule has 9 nitrogen and oxygen atoms in total. The van der Waals surface area contributed by atoms with Crippen molar-refractivity contribution in [2.45, 2.75) is 101 Å². The largest absolute Gasteiger partial charge is 0.390 e. The van der Waals surface area contributed by atoms with E-state index < -0.39 is 42.0 Å². The van der Waals surface area contributed by atoms with Gasteiger partial charge in [0.05, 0.1) is 18.1 Å². The van der Waals surface area contributed by atoms with Crippen LogP contribution in [0.5, 0.6) is 0 Å². The lowest BCUT2D eigenvalue weighted by atomic mass is 9.82. The van der Waals surface area contributed by atoms with Crippen molar-refractivity contribution in [2.24, 2.45) is 11.8 Å². The number of carbonyl (C=O) groups excluding carboxylic acids is 3. The molecule has 5 atom stereocenters. The number of nitrogens with zero attached hydrogens (tertiary/aromatic N) is 2. The van der Waals surface area contributed by atoms with Gasteiger partial charge in [-0.25, -0.2) is 0 Å². The van der Waals surface area contributed by atoms with Crippen molar-refractivity contribution in [2.75, 3.05) is 34.2 Å². The third-order valence-electron chi connectivity index (χ3n) is 8.67. The number of carbonyl (C=O) groups is 3. The van der Waals surface area contributed by atoms with Crippen molar-refractivity contribution in [3.63, 3.8) is 0 Å². The van der Waals surface area contributed by atoms with Gasteiger partial charge in [-0.1, -0.05) is 62.4 Å². The fraction of sp³-hybridized carbons (Fsp3) is 0.639. The molecule has 0 radical (unpaired) electrons. The topological polar surface area (TPSA) is 122 Å². The van der Waals surface area contributed by atoms with Gasteiger partial charge < -0.3 is 30.6 Å². The molecule has 45 heavy (non-hydrogen) atoms. The lowest BCUT2D eigenvalue weighted by Gasteiger charge is -2.33. The van der Waals surface area contributed by atoms with Crippen molar-refractivity contribution in [1.29, 1.82) is 0 Å². The SMILES string of the molecule is C#CCCC(NC(=O)C(CC(=O)N(C)CCN(C)C)Cc1ccccc1)C(=O)NC(CC1CCCCC1)C(O)C(O)CCC#C. The summed E-state index contributed by atoms with van der Waals surface area (Å²) in [4.78, 5) is 44.3. The van der Waals surface area contributed by atoms with E-state index in [2.05, 4.69) is 22.5 Å². The first-order valence-electron chi connectivity index (χ1n) is 16.3. The molecule has 1 saturated carbocycles. The minimum Gasteiger partial charge on any atom is -0.390 e. The Morgan fingerprint density at radius 1 is 0.911 bits per heavy atom. The molecular weight excluding hydrogens is 568 g/mol. The molecule has 3 amide bonds. The van der Waals surface area contributed by atoms with E-state index in [0.717, 1.165) is 31.2 Å². The first-order chi connectivity index (χ1) is 21.5. The third kappa shape index (κ3) is 14.1. The molecule has 1 aliphatic carbocycles. The number of amides is 3. The predicted molar refractivity (Wildman–Crippen MR) is 178 cm³/mol. The maximum Gasteiger partial charge on any atom is 0.242 e. The summed E-state index contributed by atoms with van der Waals surface area (Å²) in [6, 6.07) is 7.78. The second-order valence-corrected chi connectivity index (χ2v) is 12.7. The van der Waals surface area contributed by atoms with Gasteiger partial charge in [0, 0.05) is 39.4 Å². The highest BCUT2D eigenvalue weighted by atomic mass is 16.3. The van der Waals surface area contributed by atoms with E-state index in [1.54, 1.807) is 11.9 Å². The number of aliphatic hydroxyl groups excluding tert-OH is 2. The Morgan fingerprint density at radius 2 is 1.56 bits per heavy atom. The van der Waals surface area contributed by atoms with Crippen molar-refractivity contribution in [3.05, 3.63) is 35.9 Å². The fourth-order valence-corrected chi connectivity index (χ4v) is 5.80. The lowest BCUT2D eigenvalue weighted by molar-refractivity contribution is -0.137. The Labute approximate surface area is 270 Å². The van der Waals surface area contributed by atoms with Gasteiger partial charge in [-0.15, -0.1) is 24.7 Å². The van der Waals surface area contributed by atoms with E-state index in [9.17, 15) is 24.6 Å². The fourth-order valence-electron chi connectivity index (χ4n) is 5.80. The number of terminal acetylenes is 2. The number of likely N-dealkylation sites (N-methyl/N-ethyl adjacent to an activating group) is 2. The zero-order valence-corrected chi connectivity index (χ0v) is 27.4. The Balaban J connectivity index is 2.24. The van der Waals surface area contributed by atoms with E-state index in [1.807, 2.05) is 49.3 Å². The summed E-state index contributed by atoms with van der Waals surface area (Å²) in [5.41, 5.74) is 0.905. The zero-order valence-electron chi connectivity index (χ0n) is 27.4. The molecule has 1 aliphatic rings. The third-order valence-corrected chi connectivity index (χ3v) is 8.67. The monoisotopic (exact) mass is 622 g/mol. The summed E-state index contributed by atoms with van der Waals surface area (Å²) >= 11 is 0. The zero-order chi connectivity index (χ0) is 33.2. The molecule has 1 fully saturated rings. The van der Waals surface area contributed by atoms with Crippen molar-refractivity contribution in [1.82, 2.24) is 20.4 Å². The molecular formula is C36H54N4O5. The molecule has 0 bridgehead atoms. The van der Waals surface area contributed by atoms with Crippen LogP contribution in [0.25, 0.3) is 0 Å². The maximum atomic E-state index is 13.8. The average Bonchev–Trinajstić information content (AvgIpc) is 3.04. The van der Waals surface area contributed by atoms with Gasteiger partial charge in [0.25, 0.3) is 0 Å². The second-order valence-electron chi connectivity index (χ2n) is 12.7. The highest BCUT2D eigenvalue weighted by Crippen LogP contribution is 2.29. The first-order valence-corrected chi connectivity index (χ1v) is 16.3. The highest BCUT2D eigenvalue weighted by molar-refractivity contribution is 5.91. The molecule has 4 N–H and O–H groups in total. The van der Waals surface area contributed by atoms with Crippen LogP contribution in [-0.4, -0.2) is 96.3 Å². The minimum absolute atomic E-state index is 0.0154. The molecule has 2 rings (SSSR count). The minimum atomic E-state index is -1.21. The Bertz CT molecular complexity index is 1120. The van der Waals surface area contributed by atoms with Crippen molar-refractivity contribution in [3.8, 4) is 24.7 Å². The maximum absolute atomic E-state index is 13.8. The summed E-state index contributed by atoms with van der Waals surface area (Å²) in [5.74, 6) is 3.58. The molecule has 0 saturated heterocycles. The smallest absolute Gasteiger partial charge is 0.242 e. The normalized spacial score (nSPS) is 16.8. The number of rotatable bonds is 19. The van der Waals surface area contributed by atoms with Crippen LogP contribution in [-0.2, 0) is 20.8 Å². The molecule has 5 unspecified atom stereocenters. The van der Waals surface area contributed by atoms with Crippen LogP contribution in [0.2, 0.25) is 0 Å². The molecule has 0 aromatic heterocycles. The Morgan fingerprint density at radius 3 is 2.18 bits per heavy atom. The van der Waals surface area contributed by atoms with Gasteiger partial charge in [-0.2, -0.15) is 0 Å². The van der Waals surface area contributed by atoms with Crippen LogP contribution in [0.15, 0.2) is 30.3 Å². The van der Waals surface area contributed by atoms with Gasteiger partial charge in [-0.3, -0.25) is 14.4 Å². The quantitative estimate of drug-likeness (QED) is 0.176. The number of hydrogen-bond donors (Lipinski definition) is 4. The van der Waals surface area contributed by atoms with Gasteiger partial charge in [0.15, 0.2) is 0 Å². The highest BCUT2D eigenvalue weighted by Gasteiger charge is 2.34. The summed E-state index contributed by atoms with van der Waals surface area (Å²) < 4.78 is 0. The molecule has 0 spiro atoms. The summed E-state index contributed by atoms with van der Waals surface area (Å²) in [5, 5.41) is 27.6. The second kappa shape index (κ2) is 20.6. The van der Waals surface area contributed by atoms with Crippen LogP contribution in [0, 0.1) is 36.5 Å². The first kappa shape index (κ1) is 37.8. The van der Waals surface area contributed by atoms with Crippen LogP contribution in [0.4, 0.5) is 0 Å². The molecule has 0 heterocycles. The lowest BCUT2D eigenvalue weighted by Crippen LogP contribution is -2.56. The number of benzene rings is 1. The standard InChI is InChI=1S/C36H54N4O5/c1-6-8-20-30(36(45)38-31(25-28-18-14-11-15-19-28)34(43)32(41)21-9-7-2)37-35(44)29(24-27-16-12-10-13-17-27)26-33(42)40(5)23-22-39(3)4/h1-2,10,12-13,16-17,28-32,34,41,43H,8-9,11,14-15,18-26H2,3-5H3,(H,37,44)(H,38,45). The number of hydrogen-bond acceptors (Lipinski definition) is 6. The van der Waals surface area contributed by atoms with Crippen LogP contribution in [0.1, 0.15) is 76.2 Å². The van der Waals surface area contributed by atoms with Crippen LogP contribution >= 0.6 is 0 Å². The summed E-state index contributed by atoms with van der Waals surface area (Å²) in [7, 11) is 5.59. The van der Waals surface area contributed by atoms with Crippen molar-refractivity contribution >= 4 is 17.7 Å². The van der Waals surface area contributed by atoms with Crippen molar-refractivity contribution < 1.29 is 24.6 Å². The van der Waals surface area contributed by atoms with E-state index in [4.69, 9.17) is 12.8 Å². The molecule has 1 aromatic rings. The van der Waals surface area contributed by atoms with Crippen LogP contribution in [0.3, 0.4) is 0 Å². The average molecular weight is 623 g/mol.